The molecule has 0 nitrogen and oxygen atoms in total. The highest BCUT2D eigenvalue weighted by Gasteiger charge is 2.32. The minimum absolute atomic E-state index is 1.06. The maximum atomic E-state index is 2.40. The summed E-state index contributed by atoms with van der Waals surface area (Å²) >= 11 is 0. The number of allylic oxidation sites excluding steroid dienone is 2. The molecule has 0 aromatic rings. The molecule has 4 aliphatic carbocycles. The zero-order chi connectivity index (χ0) is 20.1. The molecule has 0 saturated heterocycles. The zero-order valence-corrected chi connectivity index (χ0v) is 19.9. The first kappa shape index (κ1) is 22.0. The molecule has 166 valence electrons. The van der Waals surface area contributed by atoms with Gasteiger partial charge in [0.1, 0.15) is 0 Å². The van der Waals surface area contributed by atoms with Crippen molar-refractivity contribution in [2.45, 2.75) is 136 Å². The van der Waals surface area contributed by atoms with Crippen molar-refractivity contribution >= 4 is 0 Å². The third-order valence-corrected chi connectivity index (χ3v) is 10.2. The molecule has 0 aromatic heterocycles. The first-order valence-electron chi connectivity index (χ1n) is 14.0. The van der Waals surface area contributed by atoms with Crippen LogP contribution in [0.25, 0.3) is 0 Å². The molecule has 0 unspecified atom stereocenters. The van der Waals surface area contributed by atoms with Gasteiger partial charge >= 0.3 is 0 Å². The summed E-state index contributed by atoms with van der Waals surface area (Å²) in [5.41, 5.74) is 3.88. The van der Waals surface area contributed by atoms with E-state index < -0.39 is 0 Å². The van der Waals surface area contributed by atoms with Crippen LogP contribution < -0.4 is 0 Å². The molecule has 0 heterocycles. The van der Waals surface area contributed by atoms with E-state index in [0.717, 1.165) is 35.5 Å². The highest BCUT2D eigenvalue weighted by Crippen LogP contribution is 2.46. The van der Waals surface area contributed by atoms with Gasteiger partial charge in [-0.2, -0.15) is 0 Å². The Morgan fingerprint density at radius 2 is 0.862 bits per heavy atom. The molecule has 0 aromatic carbocycles. The van der Waals surface area contributed by atoms with E-state index in [1.165, 1.54) is 83.5 Å². The quantitative estimate of drug-likeness (QED) is 0.404. The maximum absolute atomic E-state index is 2.40. The monoisotopic (exact) mass is 398 g/mol. The summed E-state index contributed by atoms with van der Waals surface area (Å²) in [5.74, 6) is 6.46. The van der Waals surface area contributed by atoms with Gasteiger partial charge in [0.15, 0.2) is 0 Å². The summed E-state index contributed by atoms with van der Waals surface area (Å²) in [6.07, 6.45) is 28.7. The van der Waals surface area contributed by atoms with Crippen molar-refractivity contribution < 1.29 is 0 Å². The smallest absolute Gasteiger partial charge is 0.0315 e. The highest BCUT2D eigenvalue weighted by molar-refractivity contribution is 5.18. The summed E-state index contributed by atoms with van der Waals surface area (Å²) in [4.78, 5) is 0. The molecule has 4 fully saturated rings. The Bertz CT molecular complexity index is 492. The second-order valence-corrected chi connectivity index (χ2v) is 11.6. The van der Waals surface area contributed by atoms with E-state index in [0.29, 0.717) is 0 Å². The Hall–Kier alpha value is -0.260. The molecule has 0 radical (unpaired) electrons. The Morgan fingerprint density at radius 1 is 0.483 bits per heavy atom. The minimum atomic E-state index is 1.06. The van der Waals surface area contributed by atoms with Crippen LogP contribution in [0.2, 0.25) is 0 Å². The van der Waals surface area contributed by atoms with Crippen molar-refractivity contribution in [3.63, 3.8) is 0 Å². The predicted molar refractivity (Wildman–Crippen MR) is 127 cm³/mol. The molecule has 0 heteroatoms. The largest absolute Gasteiger partial charge is 0.0710 e. The topological polar surface area (TPSA) is 0 Å². The summed E-state index contributed by atoms with van der Waals surface area (Å²) in [7, 11) is 0. The average Bonchev–Trinajstić information content (AvgIpc) is 2.80. The summed E-state index contributed by atoms with van der Waals surface area (Å²) in [6, 6.07) is 0. The van der Waals surface area contributed by atoms with Crippen LogP contribution in [0.1, 0.15) is 136 Å². The van der Waals surface area contributed by atoms with E-state index in [9.17, 15) is 0 Å². The van der Waals surface area contributed by atoms with E-state index in [-0.39, 0.29) is 0 Å². The van der Waals surface area contributed by atoms with Gasteiger partial charge in [0.2, 0.25) is 0 Å². The lowest BCUT2D eigenvalue weighted by Gasteiger charge is -2.39. The average molecular weight is 399 g/mol. The fourth-order valence-corrected chi connectivity index (χ4v) is 8.05. The molecule has 0 N–H and O–H groups in total. The van der Waals surface area contributed by atoms with Crippen LogP contribution in [0.3, 0.4) is 0 Å². The van der Waals surface area contributed by atoms with E-state index in [1.54, 1.807) is 38.5 Å². The molecule has 4 saturated carbocycles. The fourth-order valence-electron chi connectivity index (χ4n) is 8.05. The molecule has 0 amide bonds. The molecule has 0 bridgehead atoms. The number of hydrogen-bond acceptors (Lipinski definition) is 0. The second-order valence-electron chi connectivity index (χ2n) is 11.6. The highest BCUT2D eigenvalue weighted by atomic mass is 14.4. The van der Waals surface area contributed by atoms with E-state index in [1.807, 2.05) is 11.1 Å². The van der Waals surface area contributed by atoms with Gasteiger partial charge in [0, 0.05) is 0 Å². The first-order chi connectivity index (χ1) is 14.3. The predicted octanol–water partition coefficient (Wildman–Crippen LogP) is 9.49. The first-order valence-corrected chi connectivity index (χ1v) is 14.0. The Balaban J connectivity index is 1.19. The van der Waals surface area contributed by atoms with Crippen LogP contribution in [0.5, 0.6) is 0 Å². The van der Waals surface area contributed by atoms with Crippen molar-refractivity contribution in [1.29, 1.82) is 0 Å². The number of rotatable bonds is 5. The summed E-state index contributed by atoms with van der Waals surface area (Å²) in [6.45, 7) is 4.77. The molecule has 0 atom stereocenters. The molecular formula is C29H50. The van der Waals surface area contributed by atoms with Crippen LogP contribution in [0, 0.1) is 35.5 Å². The number of hydrogen-bond donors (Lipinski definition) is 0. The van der Waals surface area contributed by atoms with Crippen molar-refractivity contribution in [2.24, 2.45) is 35.5 Å². The lowest BCUT2D eigenvalue weighted by atomic mass is 9.67. The van der Waals surface area contributed by atoms with Gasteiger partial charge in [-0.25, -0.2) is 0 Å². The van der Waals surface area contributed by atoms with Gasteiger partial charge < -0.3 is 0 Å². The summed E-state index contributed by atoms with van der Waals surface area (Å²) in [5, 5.41) is 0. The lowest BCUT2D eigenvalue weighted by Crippen LogP contribution is -2.25. The van der Waals surface area contributed by atoms with Gasteiger partial charge in [0.25, 0.3) is 0 Å². The second kappa shape index (κ2) is 10.9. The Kier molecular flexibility index (Phi) is 8.22. The SMILES string of the molecule is CCCC1CCC(C2CCC(=C3CCC(C4CCC(CC)CC4)CC3)CC2)CC1. The van der Waals surface area contributed by atoms with E-state index >= 15 is 0 Å². The zero-order valence-electron chi connectivity index (χ0n) is 19.9. The van der Waals surface area contributed by atoms with E-state index in [2.05, 4.69) is 13.8 Å². The van der Waals surface area contributed by atoms with Crippen molar-refractivity contribution in [3.05, 3.63) is 11.1 Å². The van der Waals surface area contributed by atoms with Crippen LogP contribution >= 0.6 is 0 Å². The molecule has 4 aliphatic rings. The van der Waals surface area contributed by atoms with Crippen LogP contribution in [-0.2, 0) is 0 Å². The molecule has 29 heavy (non-hydrogen) atoms. The van der Waals surface area contributed by atoms with Gasteiger partial charge in [-0.15, -0.1) is 0 Å². The van der Waals surface area contributed by atoms with Gasteiger partial charge in [-0.05, 0) is 113 Å². The van der Waals surface area contributed by atoms with E-state index in [4.69, 9.17) is 0 Å². The van der Waals surface area contributed by atoms with Crippen LogP contribution in [-0.4, -0.2) is 0 Å². The maximum Gasteiger partial charge on any atom is -0.0315 e. The molecule has 4 rings (SSSR count). The molecule has 0 spiro atoms. The Morgan fingerprint density at radius 3 is 1.24 bits per heavy atom. The fraction of sp³-hybridized carbons (Fsp3) is 0.931. The summed E-state index contributed by atoms with van der Waals surface area (Å²) < 4.78 is 0. The Labute approximate surface area is 182 Å². The third-order valence-electron chi connectivity index (χ3n) is 10.2. The van der Waals surface area contributed by atoms with Crippen molar-refractivity contribution in [3.8, 4) is 0 Å². The third kappa shape index (κ3) is 5.71. The van der Waals surface area contributed by atoms with Gasteiger partial charge in [-0.3, -0.25) is 0 Å². The van der Waals surface area contributed by atoms with Crippen LogP contribution in [0.15, 0.2) is 11.1 Å². The molecule has 0 aliphatic heterocycles. The minimum Gasteiger partial charge on any atom is -0.0710 e. The standard InChI is InChI=1S/C29H50/c1-3-5-23-8-12-25(13-9-23)27-16-20-29(21-17-27)28-18-14-26(15-19-28)24-10-6-22(4-2)7-11-24/h22-27H,3-21H2,1-2H3. The van der Waals surface area contributed by atoms with Gasteiger partial charge in [-0.1, -0.05) is 69.9 Å². The van der Waals surface area contributed by atoms with Crippen LogP contribution in [0.4, 0.5) is 0 Å². The molecular weight excluding hydrogens is 348 g/mol. The normalized spacial score (nSPS) is 39.5. The van der Waals surface area contributed by atoms with Crippen molar-refractivity contribution in [2.75, 3.05) is 0 Å². The lowest BCUT2D eigenvalue weighted by molar-refractivity contribution is 0.169. The van der Waals surface area contributed by atoms with Crippen molar-refractivity contribution in [1.82, 2.24) is 0 Å². The van der Waals surface area contributed by atoms with Gasteiger partial charge in [0.05, 0.1) is 0 Å².